The first-order valence-electron chi connectivity index (χ1n) is 7.91. The van der Waals surface area contributed by atoms with Gasteiger partial charge in [0.05, 0.1) is 10.9 Å². The molecule has 0 aliphatic carbocycles. The molecule has 1 aliphatic heterocycles. The Kier molecular flexibility index (Phi) is 6.21. The Bertz CT molecular complexity index is 830. The van der Waals surface area contributed by atoms with Crippen LogP contribution in [0.15, 0.2) is 53.4 Å². The molecule has 1 fully saturated rings. The zero-order chi connectivity index (χ0) is 17.3. The van der Waals surface area contributed by atoms with Crippen LogP contribution < -0.4 is 0 Å². The van der Waals surface area contributed by atoms with Gasteiger partial charge in [-0.25, -0.2) is 12.8 Å². The largest absolute Gasteiger partial charge is 0.303 e. The minimum absolute atomic E-state index is 0. The molecule has 0 N–H and O–H groups in total. The Hall–Kier alpha value is -1.47. The number of likely N-dealkylation sites (N-methyl/N-ethyl adjacent to an activating group) is 1. The van der Waals surface area contributed by atoms with E-state index in [1.165, 1.54) is 18.2 Å². The van der Waals surface area contributed by atoms with Crippen molar-refractivity contribution in [2.24, 2.45) is 0 Å². The summed E-state index contributed by atoms with van der Waals surface area (Å²) in [5.41, 5.74) is 1.40. The number of benzene rings is 2. The van der Waals surface area contributed by atoms with Gasteiger partial charge in [-0.05, 0) is 43.3 Å². The Morgan fingerprint density at radius 2 is 1.76 bits per heavy atom. The van der Waals surface area contributed by atoms with Gasteiger partial charge >= 0.3 is 0 Å². The lowest BCUT2D eigenvalue weighted by atomic mass is 10.1. The third-order valence-electron chi connectivity index (χ3n) is 4.44. The molecule has 1 aliphatic rings. The number of piperazine rings is 1. The van der Waals surface area contributed by atoms with E-state index in [4.69, 9.17) is 0 Å². The molecule has 2 aromatic rings. The van der Waals surface area contributed by atoms with Crippen LogP contribution in [-0.4, -0.2) is 44.3 Å². The summed E-state index contributed by atoms with van der Waals surface area (Å²) in [4.78, 5) is 2.30. The first-order valence-corrected chi connectivity index (χ1v) is 9.35. The zero-order valence-electron chi connectivity index (χ0n) is 14.2. The second-order valence-corrected chi connectivity index (χ2v) is 8.07. The lowest BCUT2D eigenvalue weighted by Crippen LogP contribution is -2.49. The molecule has 1 atom stereocenters. The Balaban J connectivity index is 0.00000225. The van der Waals surface area contributed by atoms with Crippen molar-refractivity contribution in [2.45, 2.75) is 17.9 Å². The number of halogens is 2. The molecule has 7 heteroatoms. The van der Waals surface area contributed by atoms with Crippen molar-refractivity contribution in [3.8, 4) is 0 Å². The first kappa shape index (κ1) is 19.8. The molecule has 0 bridgehead atoms. The van der Waals surface area contributed by atoms with E-state index >= 15 is 0 Å². The molecule has 2 aromatic carbocycles. The van der Waals surface area contributed by atoms with E-state index in [0.29, 0.717) is 25.2 Å². The summed E-state index contributed by atoms with van der Waals surface area (Å²) in [5.74, 6) is -0.426. The Morgan fingerprint density at radius 1 is 1.08 bits per heavy atom. The smallest absolute Gasteiger partial charge is 0.243 e. The number of sulfonamides is 1. The molecule has 0 spiro atoms. The van der Waals surface area contributed by atoms with E-state index in [-0.39, 0.29) is 23.3 Å². The van der Waals surface area contributed by atoms with Crippen molar-refractivity contribution in [3.63, 3.8) is 0 Å². The van der Waals surface area contributed by atoms with E-state index < -0.39 is 15.8 Å². The fourth-order valence-electron chi connectivity index (χ4n) is 3.17. The third kappa shape index (κ3) is 4.03. The molecule has 4 nitrogen and oxygen atoms in total. The standard InChI is InChI=1S/C18H21FN2O2S.ClH/c1-14-12-16(19)8-9-18(14)24(22,23)21-11-10-20(2)13-17(21)15-6-4-3-5-7-15;/h3-9,12,17H,10-11,13H2,1-2H3;1H. The summed E-state index contributed by atoms with van der Waals surface area (Å²) in [5, 5.41) is 0. The highest BCUT2D eigenvalue weighted by Crippen LogP contribution is 2.32. The number of nitrogens with zero attached hydrogens (tertiary/aromatic N) is 2. The summed E-state index contributed by atoms with van der Waals surface area (Å²) in [6, 6.07) is 13.2. The van der Waals surface area contributed by atoms with Gasteiger partial charge < -0.3 is 4.90 Å². The molecule has 25 heavy (non-hydrogen) atoms. The maximum absolute atomic E-state index is 13.4. The van der Waals surface area contributed by atoms with Crippen LogP contribution in [0.3, 0.4) is 0 Å². The number of hydrogen-bond acceptors (Lipinski definition) is 3. The number of rotatable bonds is 3. The zero-order valence-corrected chi connectivity index (χ0v) is 15.9. The second-order valence-electron chi connectivity index (χ2n) is 6.21. The van der Waals surface area contributed by atoms with Crippen molar-refractivity contribution in [3.05, 3.63) is 65.5 Å². The van der Waals surface area contributed by atoms with Crippen molar-refractivity contribution >= 4 is 22.4 Å². The topological polar surface area (TPSA) is 40.6 Å². The summed E-state index contributed by atoms with van der Waals surface area (Å²) >= 11 is 0. The van der Waals surface area contributed by atoms with Gasteiger partial charge in [0.2, 0.25) is 10.0 Å². The van der Waals surface area contributed by atoms with Crippen LogP contribution in [0.2, 0.25) is 0 Å². The van der Waals surface area contributed by atoms with Crippen LogP contribution >= 0.6 is 12.4 Å². The van der Waals surface area contributed by atoms with Crippen LogP contribution in [-0.2, 0) is 10.0 Å². The quantitative estimate of drug-likeness (QED) is 0.815. The molecule has 0 aromatic heterocycles. The minimum Gasteiger partial charge on any atom is -0.303 e. The van der Waals surface area contributed by atoms with Crippen LogP contribution in [0, 0.1) is 12.7 Å². The van der Waals surface area contributed by atoms with E-state index in [1.807, 2.05) is 37.4 Å². The summed E-state index contributed by atoms with van der Waals surface area (Å²) in [6.45, 7) is 3.34. The third-order valence-corrected chi connectivity index (χ3v) is 6.51. The predicted octanol–water partition coefficient (Wildman–Crippen LogP) is 3.23. The number of aryl methyl sites for hydroxylation is 1. The maximum Gasteiger partial charge on any atom is 0.243 e. The fraction of sp³-hybridized carbons (Fsp3) is 0.333. The minimum atomic E-state index is -3.69. The van der Waals surface area contributed by atoms with Gasteiger partial charge in [0.25, 0.3) is 0 Å². The van der Waals surface area contributed by atoms with Crippen LogP contribution in [0.1, 0.15) is 17.2 Å². The van der Waals surface area contributed by atoms with Crippen LogP contribution in [0.5, 0.6) is 0 Å². The highest BCUT2D eigenvalue weighted by Gasteiger charge is 2.36. The average Bonchev–Trinajstić information content (AvgIpc) is 2.55. The van der Waals surface area contributed by atoms with Crippen molar-refractivity contribution in [2.75, 3.05) is 26.7 Å². The molecule has 1 heterocycles. The van der Waals surface area contributed by atoms with E-state index in [1.54, 1.807) is 11.2 Å². The molecular formula is C18H22ClFN2O2S. The van der Waals surface area contributed by atoms with Gasteiger partial charge in [-0.3, -0.25) is 0 Å². The summed E-state index contributed by atoms with van der Waals surface area (Å²) < 4.78 is 41.3. The fourth-order valence-corrected chi connectivity index (χ4v) is 4.97. The molecular weight excluding hydrogens is 363 g/mol. The molecule has 0 radical (unpaired) electrons. The van der Waals surface area contributed by atoms with Gasteiger partial charge in [-0.15, -0.1) is 12.4 Å². The Labute approximate surface area is 154 Å². The lowest BCUT2D eigenvalue weighted by molar-refractivity contribution is 0.160. The lowest BCUT2D eigenvalue weighted by Gasteiger charge is -2.39. The van der Waals surface area contributed by atoms with Gasteiger partial charge in [0.1, 0.15) is 5.82 Å². The second kappa shape index (κ2) is 7.83. The van der Waals surface area contributed by atoms with Crippen LogP contribution in [0.25, 0.3) is 0 Å². The normalized spacial score (nSPS) is 19.4. The Morgan fingerprint density at radius 3 is 2.40 bits per heavy atom. The highest BCUT2D eigenvalue weighted by atomic mass is 35.5. The first-order chi connectivity index (χ1) is 11.4. The molecule has 0 amide bonds. The molecule has 0 saturated carbocycles. The van der Waals surface area contributed by atoms with E-state index in [0.717, 1.165) is 5.56 Å². The van der Waals surface area contributed by atoms with Crippen molar-refractivity contribution in [1.29, 1.82) is 0 Å². The maximum atomic E-state index is 13.4. The van der Waals surface area contributed by atoms with Crippen molar-refractivity contribution < 1.29 is 12.8 Å². The summed E-state index contributed by atoms with van der Waals surface area (Å²) in [6.07, 6.45) is 0. The average molecular weight is 385 g/mol. The van der Waals surface area contributed by atoms with Crippen LogP contribution in [0.4, 0.5) is 4.39 Å². The van der Waals surface area contributed by atoms with Gasteiger partial charge in [-0.1, -0.05) is 30.3 Å². The SMILES string of the molecule is Cc1cc(F)ccc1S(=O)(=O)N1CCN(C)CC1c1ccccc1.Cl. The molecule has 1 unspecified atom stereocenters. The number of hydrogen-bond donors (Lipinski definition) is 0. The predicted molar refractivity (Wildman–Crippen MR) is 99.0 cm³/mol. The van der Waals surface area contributed by atoms with E-state index in [9.17, 15) is 12.8 Å². The van der Waals surface area contributed by atoms with Gasteiger partial charge in [0.15, 0.2) is 0 Å². The van der Waals surface area contributed by atoms with E-state index in [2.05, 4.69) is 4.90 Å². The molecule has 1 saturated heterocycles. The van der Waals surface area contributed by atoms with Gasteiger partial charge in [0, 0.05) is 19.6 Å². The highest BCUT2D eigenvalue weighted by molar-refractivity contribution is 7.89. The molecule has 3 rings (SSSR count). The summed E-state index contributed by atoms with van der Waals surface area (Å²) in [7, 11) is -1.70. The molecule has 136 valence electrons. The van der Waals surface area contributed by atoms with Crippen molar-refractivity contribution in [1.82, 2.24) is 9.21 Å². The van der Waals surface area contributed by atoms with Gasteiger partial charge in [-0.2, -0.15) is 4.31 Å². The monoisotopic (exact) mass is 384 g/mol.